The van der Waals surface area contributed by atoms with Crippen LogP contribution in [0.5, 0.6) is 0 Å². The number of hydrogen-bond acceptors (Lipinski definition) is 4. The van der Waals surface area contributed by atoms with Crippen LogP contribution < -0.4 is 5.32 Å². The molecule has 0 aromatic rings. The highest BCUT2D eigenvalue weighted by molar-refractivity contribution is 5.80. The third-order valence-corrected chi connectivity index (χ3v) is 15.7. The van der Waals surface area contributed by atoms with E-state index < -0.39 is 24.2 Å². The number of unbranched alkanes of at least 4 members (excludes halogenated alkanes) is 50. The van der Waals surface area contributed by atoms with Crippen LogP contribution in [-0.2, 0) is 4.79 Å². The number of carbonyl (C=O) groups excluding carboxylic acids is 1. The van der Waals surface area contributed by atoms with Crippen molar-refractivity contribution >= 4 is 5.91 Å². The SMILES string of the molecule is CCCCCCCCCCCCC/C=C/CC/C=C/CC/C=C/C(O)C(CO)NC(=O)C(O)CCCCCCCCCCCCCCCCCCCCCCCCCCCCCCCCCCCCCCCC. The van der Waals surface area contributed by atoms with E-state index in [9.17, 15) is 20.1 Å². The molecular weight excluding hydrogens is 895 g/mol. The Morgan fingerprint density at radius 2 is 0.562 bits per heavy atom. The van der Waals surface area contributed by atoms with E-state index in [4.69, 9.17) is 0 Å². The highest BCUT2D eigenvalue weighted by Gasteiger charge is 2.22. The van der Waals surface area contributed by atoms with Crippen molar-refractivity contribution in [1.29, 1.82) is 0 Å². The molecule has 5 nitrogen and oxygen atoms in total. The van der Waals surface area contributed by atoms with Crippen molar-refractivity contribution in [3.63, 3.8) is 0 Å². The second-order valence-electron chi connectivity index (χ2n) is 23.0. The van der Waals surface area contributed by atoms with Gasteiger partial charge in [-0.25, -0.2) is 0 Å². The Labute approximate surface area is 457 Å². The number of nitrogens with one attached hydrogen (secondary N) is 1. The molecular formula is C68H131NO4. The Bertz CT molecular complexity index is 1130. The topological polar surface area (TPSA) is 89.8 Å². The van der Waals surface area contributed by atoms with Gasteiger partial charge in [-0.05, 0) is 44.9 Å². The summed E-state index contributed by atoms with van der Waals surface area (Å²) in [7, 11) is 0. The Morgan fingerprint density at radius 1 is 0.329 bits per heavy atom. The Kier molecular flexibility index (Phi) is 61.9. The highest BCUT2D eigenvalue weighted by Crippen LogP contribution is 2.19. The molecule has 0 heterocycles. The van der Waals surface area contributed by atoms with Gasteiger partial charge in [-0.1, -0.05) is 359 Å². The molecule has 0 bridgehead atoms. The van der Waals surface area contributed by atoms with E-state index in [0.29, 0.717) is 6.42 Å². The van der Waals surface area contributed by atoms with Gasteiger partial charge in [-0.3, -0.25) is 4.79 Å². The van der Waals surface area contributed by atoms with Gasteiger partial charge < -0.3 is 20.6 Å². The zero-order valence-corrected chi connectivity index (χ0v) is 49.5. The first-order valence-electron chi connectivity index (χ1n) is 33.3. The number of carbonyl (C=O) groups is 1. The maximum atomic E-state index is 12.6. The van der Waals surface area contributed by atoms with Gasteiger partial charge in [-0.2, -0.15) is 0 Å². The Balaban J connectivity index is 3.49. The standard InChI is InChI=1S/C68H131NO4/c1-3-5-7-9-11-13-15-17-19-21-23-25-26-27-28-29-30-31-32-33-34-35-36-37-38-39-40-41-43-45-47-49-51-53-55-57-59-61-63-67(72)68(73)69-65(64-70)66(71)62-60-58-56-54-52-50-48-46-44-42-24-22-20-18-16-14-12-10-8-6-4-2/h44,46,52,54,60,62,65-67,70-72H,3-43,45,47-51,53,55-59,61,63-64H2,1-2H3,(H,69,73)/b46-44+,54-52+,62-60+. The van der Waals surface area contributed by atoms with Crippen LogP contribution in [0, 0.1) is 0 Å². The first-order valence-corrected chi connectivity index (χ1v) is 33.3. The molecule has 0 rings (SSSR count). The van der Waals surface area contributed by atoms with E-state index in [1.807, 2.05) is 6.08 Å². The summed E-state index contributed by atoms with van der Waals surface area (Å²) in [6.45, 7) is 4.21. The number of amides is 1. The molecule has 3 unspecified atom stereocenters. The zero-order chi connectivity index (χ0) is 52.9. The molecule has 0 spiro atoms. The van der Waals surface area contributed by atoms with Crippen molar-refractivity contribution in [3.05, 3.63) is 36.5 Å². The number of aliphatic hydroxyl groups is 3. The van der Waals surface area contributed by atoms with Crippen LogP contribution in [-0.4, -0.2) is 46.1 Å². The molecule has 0 aromatic heterocycles. The molecule has 5 heteroatoms. The predicted octanol–water partition coefficient (Wildman–Crippen LogP) is 21.3. The minimum atomic E-state index is -1.11. The van der Waals surface area contributed by atoms with Crippen LogP contribution in [0.1, 0.15) is 367 Å². The summed E-state index contributed by atoms with van der Waals surface area (Å²) in [6, 6.07) is -0.821. The van der Waals surface area contributed by atoms with Crippen molar-refractivity contribution < 1.29 is 20.1 Å². The van der Waals surface area contributed by atoms with Crippen LogP contribution >= 0.6 is 0 Å². The first-order chi connectivity index (χ1) is 36.1. The van der Waals surface area contributed by atoms with E-state index >= 15 is 0 Å². The number of aliphatic hydroxyl groups excluding tert-OH is 3. The molecule has 0 saturated carbocycles. The highest BCUT2D eigenvalue weighted by atomic mass is 16.3. The van der Waals surface area contributed by atoms with Gasteiger partial charge in [0.05, 0.1) is 18.8 Å². The lowest BCUT2D eigenvalue weighted by Gasteiger charge is -2.21. The second-order valence-corrected chi connectivity index (χ2v) is 23.0. The molecule has 73 heavy (non-hydrogen) atoms. The average Bonchev–Trinajstić information content (AvgIpc) is 3.40. The average molecular weight is 1030 g/mol. The van der Waals surface area contributed by atoms with E-state index in [-0.39, 0.29) is 6.61 Å². The van der Waals surface area contributed by atoms with Crippen molar-refractivity contribution in [2.45, 2.75) is 385 Å². The van der Waals surface area contributed by atoms with Crippen LogP contribution in [0.25, 0.3) is 0 Å². The largest absolute Gasteiger partial charge is 0.394 e. The van der Waals surface area contributed by atoms with Crippen molar-refractivity contribution in [3.8, 4) is 0 Å². The fraction of sp³-hybridized carbons (Fsp3) is 0.897. The summed E-state index contributed by atoms with van der Waals surface area (Å²) in [5.74, 6) is -0.510. The molecule has 1 amide bonds. The summed E-state index contributed by atoms with van der Waals surface area (Å²) in [5.41, 5.74) is 0. The molecule has 3 atom stereocenters. The van der Waals surface area contributed by atoms with E-state index in [1.165, 1.54) is 302 Å². The maximum absolute atomic E-state index is 12.6. The van der Waals surface area contributed by atoms with Crippen molar-refractivity contribution in [1.82, 2.24) is 5.32 Å². The van der Waals surface area contributed by atoms with Gasteiger partial charge in [0.1, 0.15) is 6.10 Å². The van der Waals surface area contributed by atoms with Crippen LogP contribution in [0.15, 0.2) is 36.5 Å². The quantitative estimate of drug-likeness (QED) is 0.0361. The summed E-state index contributed by atoms with van der Waals surface area (Å²) >= 11 is 0. The number of rotatable bonds is 62. The molecule has 4 N–H and O–H groups in total. The molecule has 0 saturated heterocycles. The minimum Gasteiger partial charge on any atom is -0.394 e. The van der Waals surface area contributed by atoms with E-state index in [0.717, 1.165) is 44.9 Å². The molecule has 0 fully saturated rings. The zero-order valence-electron chi connectivity index (χ0n) is 49.5. The Morgan fingerprint density at radius 3 is 0.836 bits per heavy atom. The fourth-order valence-electron chi connectivity index (χ4n) is 10.6. The lowest BCUT2D eigenvalue weighted by molar-refractivity contribution is -0.131. The molecule has 0 aromatic carbocycles. The maximum Gasteiger partial charge on any atom is 0.249 e. The van der Waals surface area contributed by atoms with Crippen LogP contribution in [0.4, 0.5) is 0 Å². The smallest absolute Gasteiger partial charge is 0.249 e. The fourth-order valence-corrected chi connectivity index (χ4v) is 10.6. The molecule has 0 aliphatic rings. The number of hydrogen-bond donors (Lipinski definition) is 4. The summed E-state index contributed by atoms with van der Waals surface area (Å²) < 4.78 is 0. The monoisotopic (exact) mass is 1030 g/mol. The van der Waals surface area contributed by atoms with E-state index in [2.05, 4.69) is 43.5 Å². The van der Waals surface area contributed by atoms with Crippen LogP contribution in [0.3, 0.4) is 0 Å². The normalized spacial score (nSPS) is 13.3. The third kappa shape index (κ3) is 58.1. The first kappa shape index (κ1) is 71.6. The molecule has 0 aliphatic carbocycles. The lowest BCUT2D eigenvalue weighted by Crippen LogP contribution is -2.48. The van der Waals surface area contributed by atoms with Gasteiger partial charge in [0, 0.05) is 0 Å². The van der Waals surface area contributed by atoms with Gasteiger partial charge in [0.2, 0.25) is 5.91 Å². The molecule has 0 aliphatic heterocycles. The van der Waals surface area contributed by atoms with Gasteiger partial charge in [0.15, 0.2) is 0 Å². The second kappa shape index (κ2) is 63.1. The van der Waals surface area contributed by atoms with Gasteiger partial charge >= 0.3 is 0 Å². The predicted molar refractivity (Wildman–Crippen MR) is 324 cm³/mol. The molecule has 432 valence electrons. The summed E-state index contributed by atoms with van der Waals surface area (Å²) in [5, 5.41) is 33.4. The van der Waals surface area contributed by atoms with Gasteiger partial charge in [-0.15, -0.1) is 0 Å². The Hall–Kier alpha value is -1.43. The molecule has 0 radical (unpaired) electrons. The third-order valence-electron chi connectivity index (χ3n) is 15.7. The summed E-state index contributed by atoms with van der Waals surface area (Å²) in [6.07, 6.45) is 84.3. The van der Waals surface area contributed by atoms with E-state index in [1.54, 1.807) is 6.08 Å². The van der Waals surface area contributed by atoms with Crippen molar-refractivity contribution in [2.24, 2.45) is 0 Å². The minimum absolute atomic E-state index is 0.379. The van der Waals surface area contributed by atoms with Crippen LogP contribution in [0.2, 0.25) is 0 Å². The van der Waals surface area contributed by atoms with Crippen molar-refractivity contribution in [2.75, 3.05) is 6.61 Å². The summed E-state index contributed by atoms with van der Waals surface area (Å²) in [4.78, 5) is 12.6. The number of allylic oxidation sites excluding steroid dienone is 5. The lowest BCUT2D eigenvalue weighted by atomic mass is 10.0. The van der Waals surface area contributed by atoms with Gasteiger partial charge in [0.25, 0.3) is 0 Å².